The standard InChI is InChI=1S/C12H15N3.ClH/c13-8-10-2-1-3-11(12(10)14)9-4-6-15-7-5-9;/h1-3,9,15H,4-7,14H2;1H. The Hall–Kier alpha value is -1.24. The summed E-state index contributed by atoms with van der Waals surface area (Å²) in [4.78, 5) is 0. The molecule has 3 N–H and O–H groups in total. The molecular weight excluding hydrogens is 222 g/mol. The first-order chi connectivity index (χ1) is 7.33. The zero-order valence-corrected chi connectivity index (χ0v) is 9.89. The summed E-state index contributed by atoms with van der Waals surface area (Å²) in [7, 11) is 0. The first kappa shape index (κ1) is 12.8. The number of hydrogen-bond acceptors (Lipinski definition) is 3. The van der Waals surface area contributed by atoms with Crippen molar-refractivity contribution >= 4 is 18.1 Å². The lowest BCUT2D eigenvalue weighted by Gasteiger charge is -2.24. The van der Waals surface area contributed by atoms with Crippen molar-refractivity contribution in [3.8, 4) is 6.07 Å². The maximum atomic E-state index is 8.90. The van der Waals surface area contributed by atoms with Crippen molar-refractivity contribution in [1.29, 1.82) is 5.26 Å². The summed E-state index contributed by atoms with van der Waals surface area (Å²) < 4.78 is 0. The minimum atomic E-state index is 0. The summed E-state index contributed by atoms with van der Waals surface area (Å²) in [6.45, 7) is 2.09. The molecule has 4 heteroatoms. The first-order valence-corrected chi connectivity index (χ1v) is 5.32. The van der Waals surface area contributed by atoms with Crippen molar-refractivity contribution in [2.75, 3.05) is 18.8 Å². The first-order valence-electron chi connectivity index (χ1n) is 5.32. The Morgan fingerprint density at radius 3 is 2.62 bits per heavy atom. The Labute approximate surface area is 102 Å². The van der Waals surface area contributed by atoms with Crippen LogP contribution in [0, 0.1) is 11.3 Å². The van der Waals surface area contributed by atoms with Crippen LogP contribution in [0.25, 0.3) is 0 Å². The van der Waals surface area contributed by atoms with E-state index in [1.165, 1.54) is 0 Å². The largest absolute Gasteiger partial charge is 0.397 e. The highest BCUT2D eigenvalue weighted by Gasteiger charge is 2.18. The van der Waals surface area contributed by atoms with E-state index in [2.05, 4.69) is 11.4 Å². The summed E-state index contributed by atoms with van der Waals surface area (Å²) in [5.74, 6) is 0.513. The van der Waals surface area contributed by atoms with Gasteiger partial charge in [0.2, 0.25) is 0 Å². The Morgan fingerprint density at radius 1 is 1.31 bits per heavy atom. The third-order valence-electron chi connectivity index (χ3n) is 3.04. The van der Waals surface area contributed by atoms with Crippen molar-refractivity contribution in [1.82, 2.24) is 5.32 Å². The van der Waals surface area contributed by atoms with Gasteiger partial charge in [0.1, 0.15) is 6.07 Å². The lowest BCUT2D eigenvalue weighted by atomic mass is 9.88. The van der Waals surface area contributed by atoms with E-state index in [9.17, 15) is 0 Å². The normalized spacial score (nSPS) is 16.2. The number of para-hydroxylation sites is 1. The molecule has 86 valence electrons. The summed E-state index contributed by atoms with van der Waals surface area (Å²) in [6.07, 6.45) is 2.22. The van der Waals surface area contributed by atoms with Crippen molar-refractivity contribution in [3.63, 3.8) is 0 Å². The molecule has 1 fully saturated rings. The summed E-state index contributed by atoms with van der Waals surface area (Å²) >= 11 is 0. The van der Waals surface area contributed by atoms with Gasteiger partial charge in [0.25, 0.3) is 0 Å². The molecule has 1 heterocycles. The van der Waals surface area contributed by atoms with Gasteiger partial charge < -0.3 is 11.1 Å². The highest BCUT2D eigenvalue weighted by atomic mass is 35.5. The number of hydrogen-bond donors (Lipinski definition) is 2. The topological polar surface area (TPSA) is 61.8 Å². The predicted molar refractivity (Wildman–Crippen MR) is 67.7 cm³/mol. The number of benzene rings is 1. The Balaban J connectivity index is 0.00000128. The maximum absolute atomic E-state index is 8.90. The van der Waals surface area contributed by atoms with Gasteiger partial charge in [-0.15, -0.1) is 12.4 Å². The summed E-state index contributed by atoms with van der Waals surface area (Å²) in [5, 5.41) is 12.2. The second kappa shape index (κ2) is 5.74. The van der Waals surface area contributed by atoms with Crippen LogP contribution in [-0.2, 0) is 0 Å². The van der Waals surface area contributed by atoms with E-state index >= 15 is 0 Å². The molecule has 0 spiro atoms. The molecule has 0 aromatic heterocycles. The quantitative estimate of drug-likeness (QED) is 0.735. The number of nitrogens with two attached hydrogens (primary N) is 1. The number of piperidine rings is 1. The average molecular weight is 238 g/mol. The molecule has 3 nitrogen and oxygen atoms in total. The highest BCUT2D eigenvalue weighted by Crippen LogP contribution is 2.31. The lowest BCUT2D eigenvalue weighted by Crippen LogP contribution is -2.27. The molecule has 0 saturated carbocycles. The molecule has 1 aromatic carbocycles. The number of nitrogens with one attached hydrogen (secondary N) is 1. The third-order valence-corrected chi connectivity index (χ3v) is 3.04. The Morgan fingerprint density at radius 2 is 2.00 bits per heavy atom. The van der Waals surface area contributed by atoms with Gasteiger partial charge in [-0.1, -0.05) is 12.1 Å². The van der Waals surface area contributed by atoms with E-state index in [4.69, 9.17) is 11.0 Å². The summed E-state index contributed by atoms with van der Waals surface area (Å²) in [6, 6.07) is 7.88. The fraction of sp³-hybridized carbons (Fsp3) is 0.417. The predicted octanol–water partition coefficient (Wildman–Crippen LogP) is 2.03. The van der Waals surface area contributed by atoms with E-state index in [1.807, 2.05) is 12.1 Å². The van der Waals surface area contributed by atoms with Crippen LogP contribution in [0.2, 0.25) is 0 Å². The highest BCUT2D eigenvalue weighted by molar-refractivity contribution is 5.85. The lowest BCUT2D eigenvalue weighted by molar-refractivity contribution is 0.461. The fourth-order valence-corrected chi connectivity index (χ4v) is 2.17. The Kier molecular flexibility index (Phi) is 4.60. The zero-order valence-electron chi connectivity index (χ0n) is 9.07. The molecule has 16 heavy (non-hydrogen) atoms. The number of nitrogen functional groups attached to an aromatic ring is 1. The van der Waals surface area contributed by atoms with Gasteiger partial charge >= 0.3 is 0 Å². The minimum Gasteiger partial charge on any atom is -0.397 e. The number of nitriles is 1. The van der Waals surface area contributed by atoms with E-state index in [0.29, 0.717) is 17.2 Å². The van der Waals surface area contributed by atoms with Gasteiger partial charge in [0, 0.05) is 0 Å². The van der Waals surface area contributed by atoms with Crippen LogP contribution >= 0.6 is 12.4 Å². The molecule has 0 unspecified atom stereocenters. The summed E-state index contributed by atoms with van der Waals surface area (Å²) in [5.41, 5.74) is 8.41. The number of rotatable bonds is 1. The molecule has 1 saturated heterocycles. The molecule has 0 aliphatic carbocycles. The van der Waals surface area contributed by atoms with Crippen molar-refractivity contribution in [2.24, 2.45) is 0 Å². The van der Waals surface area contributed by atoms with Gasteiger partial charge in [0.15, 0.2) is 0 Å². The van der Waals surface area contributed by atoms with Crippen LogP contribution in [0.15, 0.2) is 18.2 Å². The molecule has 0 bridgehead atoms. The zero-order chi connectivity index (χ0) is 10.7. The minimum absolute atomic E-state index is 0. The molecular formula is C12H16ClN3. The number of nitrogens with zero attached hydrogens (tertiary/aromatic N) is 1. The van der Waals surface area contributed by atoms with Crippen molar-refractivity contribution < 1.29 is 0 Å². The molecule has 0 radical (unpaired) electrons. The van der Waals surface area contributed by atoms with Gasteiger partial charge in [-0.3, -0.25) is 0 Å². The van der Waals surface area contributed by atoms with Gasteiger partial charge in [-0.05, 0) is 43.5 Å². The monoisotopic (exact) mass is 237 g/mol. The smallest absolute Gasteiger partial charge is 0.101 e. The number of anilines is 1. The van der Waals surface area contributed by atoms with E-state index < -0.39 is 0 Å². The fourth-order valence-electron chi connectivity index (χ4n) is 2.17. The third kappa shape index (κ3) is 2.46. The molecule has 1 aliphatic rings. The average Bonchev–Trinajstić information content (AvgIpc) is 2.30. The van der Waals surface area contributed by atoms with Gasteiger partial charge in [-0.25, -0.2) is 0 Å². The van der Waals surface area contributed by atoms with Crippen molar-refractivity contribution in [2.45, 2.75) is 18.8 Å². The maximum Gasteiger partial charge on any atom is 0.101 e. The van der Waals surface area contributed by atoms with E-state index in [-0.39, 0.29) is 12.4 Å². The molecule has 2 rings (SSSR count). The van der Waals surface area contributed by atoms with Crippen LogP contribution in [0.5, 0.6) is 0 Å². The molecule has 0 atom stereocenters. The van der Waals surface area contributed by atoms with Crippen LogP contribution in [0.1, 0.15) is 29.9 Å². The van der Waals surface area contributed by atoms with Gasteiger partial charge in [-0.2, -0.15) is 5.26 Å². The second-order valence-corrected chi connectivity index (χ2v) is 3.94. The van der Waals surface area contributed by atoms with Crippen LogP contribution < -0.4 is 11.1 Å². The molecule has 0 amide bonds. The van der Waals surface area contributed by atoms with E-state index in [0.717, 1.165) is 31.5 Å². The van der Waals surface area contributed by atoms with Crippen molar-refractivity contribution in [3.05, 3.63) is 29.3 Å². The molecule has 1 aromatic rings. The second-order valence-electron chi connectivity index (χ2n) is 3.94. The van der Waals surface area contributed by atoms with Crippen LogP contribution in [-0.4, -0.2) is 13.1 Å². The van der Waals surface area contributed by atoms with Crippen LogP contribution in [0.4, 0.5) is 5.69 Å². The number of halogens is 1. The van der Waals surface area contributed by atoms with Gasteiger partial charge in [0.05, 0.1) is 11.3 Å². The van der Waals surface area contributed by atoms with Crippen LogP contribution in [0.3, 0.4) is 0 Å². The van der Waals surface area contributed by atoms with E-state index in [1.54, 1.807) is 6.07 Å². The molecule has 1 aliphatic heterocycles. The Bertz CT molecular complexity index is 392. The SMILES string of the molecule is Cl.N#Cc1cccc(C2CCNCC2)c1N.